The minimum atomic E-state index is -0.205. The molecule has 0 aliphatic heterocycles. The quantitative estimate of drug-likeness (QED) is 0.704. The Hall–Kier alpha value is -0.960. The van der Waals surface area contributed by atoms with Crippen molar-refractivity contribution in [3.8, 4) is 0 Å². The standard InChI is InChI=1S/C10H15N3/c1-6-7(2)12-9(13-8(6)3)10(11)4-5-10/h4-5,11H2,1-3H3. The fourth-order valence-electron chi connectivity index (χ4n) is 1.35. The van der Waals surface area contributed by atoms with Gasteiger partial charge in [0, 0.05) is 11.4 Å². The third-order valence-corrected chi connectivity index (χ3v) is 2.87. The average molecular weight is 177 g/mol. The monoisotopic (exact) mass is 177 g/mol. The first-order valence-corrected chi connectivity index (χ1v) is 4.64. The first kappa shape index (κ1) is 8.63. The number of nitrogens with zero attached hydrogens (tertiary/aromatic N) is 2. The lowest BCUT2D eigenvalue weighted by Gasteiger charge is -2.11. The van der Waals surface area contributed by atoms with E-state index >= 15 is 0 Å². The van der Waals surface area contributed by atoms with Gasteiger partial charge in [-0.2, -0.15) is 0 Å². The van der Waals surface area contributed by atoms with Gasteiger partial charge in [-0.25, -0.2) is 9.97 Å². The molecule has 1 fully saturated rings. The van der Waals surface area contributed by atoms with Gasteiger partial charge in [-0.3, -0.25) is 0 Å². The molecule has 1 saturated carbocycles. The van der Waals surface area contributed by atoms with Gasteiger partial charge in [0.25, 0.3) is 0 Å². The number of aromatic nitrogens is 2. The van der Waals surface area contributed by atoms with Crippen LogP contribution in [0.5, 0.6) is 0 Å². The molecular weight excluding hydrogens is 162 g/mol. The van der Waals surface area contributed by atoms with Crippen LogP contribution in [0.4, 0.5) is 0 Å². The van der Waals surface area contributed by atoms with Crippen molar-refractivity contribution < 1.29 is 0 Å². The molecule has 1 aromatic heterocycles. The van der Waals surface area contributed by atoms with Crippen LogP contribution in [0.3, 0.4) is 0 Å². The Morgan fingerprint density at radius 2 is 1.54 bits per heavy atom. The zero-order chi connectivity index (χ0) is 9.64. The first-order valence-electron chi connectivity index (χ1n) is 4.64. The molecule has 2 N–H and O–H groups in total. The maximum Gasteiger partial charge on any atom is 0.148 e. The van der Waals surface area contributed by atoms with Gasteiger partial charge >= 0.3 is 0 Å². The van der Waals surface area contributed by atoms with Gasteiger partial charge in [0.15, 0.2) is 0 Å². The van der Waals surface area contributed by atoms with E-state index in [4.69, 9.17) is 5.73 Å². The molecule has 1 aromatic rings. The van der Waals surface area contributed by atoms with E-state index in [-0.39, 0.29) is 5.54 Å². The number of nitrogens with two attached hydrogens (primary N) is 1. The molecular formula is C10H15N3. The lowest BCUT2D eigenvalue weighted by molar-refractivity contribution is 0.660. The fourth-order valence-corrected chi connectivity index (χ4v) is 1.35. The van der Waals surface area contributed by atoms with E-state index in [0.717, 1.165) is 30.1 Å². The highest BCUT2D eigenvalue weighted by Crippen LogP contribution is 2.40. The molecule has 1 aliphatic carbocycles. The molecule has 0 atom stereocenters. The summed E-state index contributed by atoms with van der Waals surface area (Å²) in [6.45, 7) is 6.07. The molecule has 3 heteroatoms. The zero-order valence-electron chi connectivity index (χ0n) is 8.39. The van der Waals surface area contributed by atoms with Crippen molar-refractivity contribution in [1.82, 2.24) is 9.97 Å². The Balaban J connectivity index is 2.50. The Bertz CT molecular complexity index is 330. The Labute approximate surface area is 78.4 Å². The summed E-state index contributed by atoms with van der Waals surface area (Å²) in [4.78, 5) is 8.86. The highest BCUT2D eigenvalue weighted by Gasteiger charge is 2.43. The first-order chi connectivity index (χ1) is 6.03. The predicted octanol–water partition coefficient (Wildman–Crippen LogP) is 1.35. The number of aryl methyl sites for hydroxylation is 2. The summed E-state index contributed by atoms with van der Waals surface area (Å²) in [6.07, 6.45) is 2.05. The third-order valence-electron chi connectivity index (χ3n) is 2.87. The second-order valence-electron chi connectivity index (χ2n) is 4.00. The van der Waals surface area contributed by atoms with E-state index < -0.39 is 0 Å². The fraction of sp³-hybridized carbons (Fsp3) is 0.600. The lowest BCUT2D eigenvalue weighted by atomic mass is 10.2. The van der Waals surface area contributed by atoms with E-state index in [9.17, 15) is 0 Å². The molecule has 1 aliphatic rings. The third kappa shape index (κ3) is 1.33. The van der Waals surface area contributed by atoms with Gasteiger partial charge in [-0.05, 0) is 39.2 Å². The normalized spacial score (nSPS) is 18.8. The number of hydrogen-bond donors (Lipinski definition) is 1. The smallest absolute Gasteiger partial charge is 0.148 e. The molecule has 0 radical (unpaired) electrons. The second kappa shape index (κ2) is 2.51. The highest BCUT2D eigenvalue weighted by molar-refractivity contribution is 5.26. The summed E-state index contributed by atoms with van der Waals surface area (Å²) in [5.41, 5.74) is 9.11. The molecule has 70 valence electrons. The van der Waals surface area contributed by atoms with Crippen molar-refractivity contribution in [3.63, 3.8) is 0 Å². The average Bonchev–Trinajstić information content (AvgIpc) is 2.80. The summed E-state index contributed by atoms with van der Waals surface area (Å²) in [5.74, 6) is 0.827. The van der Waals surface area contributed by atoms with Gasteiger partial charge in [-0.1, -0.05) is 0 Å². The van der Waals surface area contributed by atoms with Crippen LogP contribution in [0.1, 0.15) is 35.6 Å². The lowest BCUT2D eigenvalue weighted by Crippen LogP contribution is -2.23. The Morgan fingerprint density at radius 1 is 1.08 bits per heavy atom. The van der Waals surface area contributed by atoms with Crippen molar-refractivity contribution >= 4 is 0 Å². The summed E-state index contributed by atoms with van der Waals surface area (Å²) in [5, 5.41) is 0. The predicted molar refractivity (Wildman–Crippen MR) is 51.3 cm³/mol. The van der Waals surface area contributed by atoms with Gasteiger partial charge in [0.2, 0.25) is 0 Å². The molecule has 1 heterocycles. The van der Waals surface area contributed by atoms with Gasteiger partial charge in [-0.15, -0.1) is 0 Å². The van der Waals surface area contributed by atoms with Crippen LogP contribution in [-0.4, -0.2) is 9.97 Å². The van der Waals surface area contributed by atoms with E-state index in [0.29, 0.717) is 0 Å². The molecule has 0 spiro atoms. The van der Waals surface area contributed by atoms with Crippen LogP contribution in [0, 0.1) is 20.8 Å². The molecule has 0 unspecified atom stereocenters. The molecule has 2 rings (SSSR count). The van der Waals surface area contributed by atoms with Crippen molar-refractivity contribution in [2.24, 2.45) is 5.73 Å². The highest BCUT2D eigenvalue weighted by atomic mass is 15.0. The van der Waals surface area contributed by atoms with Crippen molar-refractivity contribution in [2.45, 2.75) is 39.2 Å². The van der Waals surface area contributed by atoms with Crippen molar-refractivity contribution in [1.29, 1.82) is 0 Å². The van der Waals surface area contributed by atoms with Crippen LogP contribution in [0.25, 0.3) is 0 Å². The van der Waals surface area contributed by atoms with Crippen molar-refractivity contribution in [2.75, 3.05) is 0 Å². The maximum atomic E-state index is 6.03. The minimum Gasteiger partial charge on any atom is -0.319 e. The Kier molecular flexibility index (Phi) is 1.67. The molecule has 0 saturated heterocycles. The second-order valence-corrected chi connectivity index (χ2v) is 4.00. The number of hydrogen-bond acceptors (Lipinski definition) is 3. The van der Waals surface area contributed by atoms with E-state index in [1.54, 1.807) is 0 Å². The summed E-state index contributed by atoms with van der Waals surface area (Å²) in [6, 6.07) is 0. The largest absolute Gasteiger partial charge is 0.319 e. The zero-order valence-corrected chi connectivity index (χ0v) is 8.39. The maximum absolute atomic E-state index is 6.03. The molecule has 0 aromatic carbocycles. The Morgan fingerprint density at radius 3 is 1.92 bits per heavy atom. The summed E-state index contributed by atoms with van der Waals surface area (Å²) in [7, 11) is 0. The van der Waals surface area contributed by atoms with Gasteiger partial charge in [0.05, 0.1) is 5.54 Å². The molecule has 0 bridgehead atoms. The van der Waals surface area contributed by atoms with Crippen LogP contribution >= 0.6 is 0 Å². The summed E-state index contributed by atoms with van der Waals surface area (Å²) >= 11 is 0. The van der Waals surface area contributed by atoms with E-state index in [1.807, 2.05) is 20.8 Å². The molecule has 3 nitrogen and oxygen atoms in total. The molecule has 0 amide bonds. The topological polar surface area (TPSA) is 51.8 Å². The SMILES string of the molecule is Cc1nc(C2(N)CC2)nc(C)c1C. The van der Waals surface area contributed by atoms with E-state index in [1.165, 1.54) is 5.56 Å². The summed E-state index contributed by atoms with van der Waals surface area (Å²) < 4.78 is 0. The number of rotatable bonds is 1. The van der Waals surface area contributed by atoms with Crippen LogP contribution in [0.2, 0.25) is 0 Å². The van der Waals surface area contributed by atoms with Crippen molar-refractivity contribution in [3.05, 3.63) is 22.8 Å². The van der Waals surface area contributed by atoms with E-state index in [2.05, 4.69) is 9.97 Å². The minimum absolute atomic E-state index is 0.205. The van der Waals surface area contributed by atoms with Gasteiger partial charge in [0.1, 0.15) is 5.82 Å². The van der Waals surface area contributed by atoms with Crippen LogP contribution in [0.15, 0.2) is 0 Å². The van der Waals surface area contributed by atoms with Gasteiger partial charge < -0.3 is 5.73 Å². The molecule has 13 heavy (non-hydrogen) atoms. The van der Waals surface area contributed by atoms with Crippen LogP contribution < -0.4 is 5.73 Å². The van der Waals surface area contributed by atoms with Crippen LogP contribution in [-0.2, 0) is 5.54 Å².